The van der Waals surface area contributed by atoms with Crippen molar-refractivity contribution in [1.82, 2.24) is 0 Å². The summed E-state index contributed by atoms with van der Waals surface area (Å²) in [6.45, 7) is 0. The SMILES string of the molecule is Oc1ccc2ccccc2c1-c1c(O)ccc2ccccc12.[La]. The molecule has 1 radical (unpaired) electrons. The van der Waals surface area contributed by atoms with Gasteiger partial charge in [0, 0.05) is 46.7 Å². The maximum Gasteiger partial charge on any atom is 0.124 e. The minimum absolute atomic E-state index is 0. The van der Waals surface area contributed by atoms with Crippen molar-refractivity contribution in [2.24, 2.45) is 0 Å². The van der Waals surface area contributed by atoms with Crippen molar-refractivity contribution < 1.29 is 45.8 Å². The van der Waals surface area contributed by atoms with Gasteiger partial charge in [-0.25, -0.2) is 0 Å². The number of hydrogen-bond acceptors (Lipinski definition) is 2. The third-order valence-corrected chi connectivity index (χ3v) is 4.06. The van der Waals surface area contributed by atoms with Gasteiger partial charge in [-0.05, 0) is 33.7 Å². The third kappa shape index (κ3) is 2.65. The van der Waals surface area contributed by atoms with Crippen molar-refractivity contribution in [3.05, 3.63) is 72.8 Å². The summed E-state index contributed by atoms with van der Waals surface area (Å²) in [7, 11) is 0. The van der Waals surface area contributed by atoms with Crippen LogP contribution >= 0.6 is 0 Å². The van der Waals surface area contributed by atoms with Crippen LogP contribution in [0.2, 0.25) is 0 Å². The van der Waals surface area contributed by atoms with E-state index in [1.54, 1.807) is 12.1 Å². The van der Waals surface area contributed by atoms with Crippen LogP contribution in [0.25, 0.3) is 32.7 Å². The van der Waals surface area contributed by atoms with Gasteiger partial charge in [-0.15, -0.1) is 0 Å². The smallest absolute Gasteiger partial charge is 0.124 e. The predicted octanol–water partition coefficient (Wildman–Crippen LogP) is 5.07. The fourth-order valence-electron chi connectivity index (χ4n) is 3.05. The number of fused-ring (bicyclic) bond motifs is 2. The molecule has 0 heterocycles. The number of phenolic OH excluding ortho intramolecular Hbond substituents is 2. The Morgan fingerprint density at radius 1 is 0.478 bits per heavy atom. The van der Waals surface area contributed by atoms with Gasteiger partial charge in [0.1, 0.15) is 11.5 Å². The van der Waals surface area contributed by atoms with E-state index in [0.717, 1.165) is 21.5 Å². The zero-order valence-electron chi connectivity index (χ0n) is 12.4. The number of benzene rings is 4. The maximum absolute atomic E-state index is 10.4. The minimum Gasteiger partial charge on any atom is -0.507 e. The molecule has 0 amide bonds. The topological polar surface area (TPSA) is 40.5 Å². The molecule has 0 spiro atoms. The van der Waals surface area contributed by atoms with Crippen LogP contribution < -0.4 is 0 Å². The Kier molecular flexibility index (Phi) is 4.45. The van der Waals surface area contributed by atoms with Gasteiger partial charge in [-0.2, -0.15) is 0 Å². The average molecular weight is 425 g/mol. The number of aromatic hydroxyl groups is 2. The molecule has 23 heavy (non-hydrogen) atoms. The molecular formula is C20H14LaO2. The first kappa shape index (κ1) is 16.1. The van der Waals surface area contributed by atoms with E-state index in [4.69, 9.17) is 0 Å². The Balaban J connectivity index is 0.00000156. The summed E-state index contributed by atoms with van der Waals surface area (Å²) in [5, 5.41) is 24.8. The predicted molar refractivity (Wildman–Crippen MR) is 90.2 cm³/mol. The van der Waals surface area contributed by atoms with Gasteiger partial charge in [-0.3, -0.25) is 0 Å². The van der Waals surface area contributed by atoms with Gasteiger partial charge < -0.3 is 10.2 Å². The van der Waals surface area contributed by atoms with E-state index in [1.807, 2.05) is 60.7 Å². The van der Waals surface area contributed by atoms with Crippen LogP contribution in [0.3, 0.4) is 0 Å². The van der Waals surface area contributed by atoms with Crippen LogP contribution in [0.1, 0.15) is 0 Å². The monoisotopic (exact) mass is 425 g/mol. The molecule has 0 atom stereocenters. The number of hydrogen-bond donors (Lipinski definition) is 2. The molecule has 0 aromatic heterocycles. The van der Waals surface area contributed by atoms with Gasteiger partial charge in [0.15, 0.2) is 0 Å². The summed E-state index contributed by atoms with van der Waals surface area (Å²) >= 11 is 0. The standard InChI is InChI=1S/C20H14O2.La/c21-17-11-9-13-5-1-3-7-15(13)19(17)20-16-8-4-2-6-14(16)10-12-18(20)22;/h1-12,21-22H;. The molecule has 0 aliphatic heterocycles. The molecule has 0 bridgehead atoms. The first-order valence-electron chi connectivity index (χ1n) is 7.17. The molecule has 3 heteroatoms. The average Bonchev–Trinajstić information content (AvgIpc) is 2.56. The Morgan fingerprint density at radius 2 is 0.870 bits per heavy atom. The van der Waals surface area contributed by atoms with Gasteiger partial charge in [0.2, 0.25) is 0 Å². The molecule has 0 saturated heterocycles. The fraction of sp³-hybridized carbons (Fsp3) is 0. The summed E-state index contributed by atoms with van der Waals surface area (Å²) < 4.78 is 0. The molecule has 0 fully saturated rings. The third-order valence-electron chi connectivity index (χ3n) is 4.06. The van der Waals surface area contributed by atoms with Crippen molar-refractivity contribution in [2.45, 2.75) is 0 Å². The molecule has 4 rings (SSSR count). The van der Waals surface area contributed by atoms with Crippen LogP contribution in [0.15, 0.2) is 72.8 Å². The Morgan fingerprint density at radius 3 is 1.30 bits per heavy atom. The number of phenols is 2. The van der Waals surface area contributed by atoms with Crippen molar-refractivity contribution in [2.75, 3.05) is 0 Å². The second kappa shape index (κ2) is 6.36. The van der Waals surface area contributed by atoms with Crippen molar-refractivity contribution in [1.29, 1.82) is 0 Å². The molecule has 2 N–H and O–H groups in total. The van der Waals surface area contributed by atoms with E-state index in [0.29, 0.717) is 11.1 Å². The van der Waals surface area contributed by atoms with Crippen LogP contribution in [-0.2, 0) is 0 Å². The van der Waals surface area contributed by atoms with E-state index < -0.39 is 0 Å². The second-order valence-corrected chi connectivity index (χ2v) is 5.36. The number of rotatable bonds is 1. The van der Waals surface area contributed by atoms with E-state index in [2.05, 4.69) is 0 Å². The zero-order valence-corrected chi connectivity index (χ0v) is 16.0. The van der Waals surface area contributed by atoms with Crippen molar-refractivity contribution >= 4 is 21.5 Å². The summed E-state index contributed by atoms with van der Waals surface area (Å²) in [4.78, 5) is 0. The minimum atomic E-state index is 0. The van der Waals surface area contributed by atoms with Gasteiger partial charge in [0.25, 0.3) is 0 Å². The van der Waals surface area contributed by atoms with E-state index in [1.165, 1.54) is 0 Å². The van der Waals surface area contributed by atoms with Gasteiger partial charge in [0.05, 0.1) is 0 Å². The largest absolute Gasteiger partial charge is 0.507 e. The Hall–Kier alpha value is -1.81. The summed E-state index contributed by atoms with van der Waals surface area (Å²) in [6, 6.07) is 22.9. The first-order valence-corrected chi connectivity index (χ1v) is 7.17. The van der Waals surface area contributed by atoms with Gasteiger partial charge >= 0.3 is 0 Å². The molecule has 0 aliphatic rings. The zero-order chi connectivity index (χ0) is 15.1. The molecule has 0 aliphatic carbocycles. The molecule has 2 nitrogen and oxygen atoms in total. The van der Waals surface area contributed by atoms with E-state index in [9.17, 15) is 10.2 Å². The van der Waals surface area contributed by atoms with E-state index >= 15 is 0 Å². The molecule has 4 aromatic rings. The van der Waals surface area contributed by atoms with Gasteiger partial charge in [-0.1, -0.05) is 60.7 Å². The summed E-state index contributed by atoms with van der Waals surface area (Å²) in [5.74, 6) is 0.343. The van der Waals surface area contributed by atoms with Crippen LogP contribution in [0.5, 0.6) is 11.5 Å². The molecule has 0 unspecified atom stereocenters. The van der Waals surface area contributed by atoms with Crippen molar-refractivity contribution in [3.63, 3.8) is 0 Å². The molecular weight excluding hydrogens is 411 g/mol. The van der Waals surface area contributed by atoms with Crippen LogP contribution in [0, 0.1) is 35.6 Å². The summed E-state index contributed by atoms with van der Waals surface area (Å²) in [6.07, 6.45) is 0. The normalized spacial score (nSPS) is 10.6. The summed E-state index contributed by atoms with van der Waals surface area (Å²) in [5.41, 5.74) is 1.35. The fourth-order valence-corrected chi connectivity index (χ4v) is 3.05. The first-order chi connectivity index (χ1) is 10.8. The molecule has 4 aromatic carbocycles. The quantitative estimate of drug-likeness (QED) is 0.447. The Bertz CT molecular complexity index is 925. The van der Waals surface area contributed by atoms with Crippen molar-refractivity contribution in [3.8, 4) is 22.6 Å². The van der Waals surface area contributed by atoms with E-state index in [-0.39, 0.29) is 47.1 Å². The second-order valence-electron chi connectivity index (χ2n) is 5.36. The molecule has 109 valence electrons. The van der Waals surface area contributed by atoms with Crippen LogP contribution in [-0.4, -0.2) is 10.2 Å². The Labute approximate surface area is 162 Å². The molecule has 0 saturated carbocycles. The van der Waals surface area contributed by atoms with Crippen LogP contribution in [0.4, 0.5) is 0 Å². The maximum atomic E-state index is 10.4.